The fraction of sp³-hybridized carbons (Fsp3) is 0.778. The van der Waals surface area contributed by atoms with Gasteiger partial charge in [-0.15, -0.1) is 6.58 Å². The first-order valence-electron chi connectivity index (χ1n) is 4.35. The molecule has 70 valence electrons. The van der Waals surface area contributed by atoms with Gasteiger partial charge < -0.3 is 0 Å². The van der Waals surface area contributed by atoms with E-state index in [0.717, 1.165) is 12.8 Å². The van der Waals surface area contributed by atoms with Crippen LogP contribution in [0.1, 0.15) is 26.7 Å². The molecule has 0 radical (unpaired) electrons. The first kappa shape index (κ1) is 9.78. The predicted molar refractivity (Wildman–Crippen MR) is 50.8 cm³/mol. The van der Waals surface area contributed by atoms with Gasteiger partial charge in [-0.05, 0) is 18.8 Å². The molecule has 1 saturated heterocycles. The van der Waals surface area contributed by atoms with Crippen molar-refractivity contribution >= 4 is 9.84 Å². The second-order valence-corrected chi connectivity index (χ2v) is 6.11. The topological polar surface area (TPSA) is 34.1 Å². The summed E-state index contributed by atoms with van der Waals surface area (Å²) in [6, 6.07) is 0. The van der Waals surface area contributed by atoms with Crippen LogP contribution in [0, 0.1) is 5.92 Å². The van der Waals surface area contributed by atoms with E-state index in [2.05, 4.69) is 6.58 Å². The van der Waals surface area contributed by atoms with Crippen LogP contribution >= 0.6 is 0 Å². The van der Waals surface area contributed by atoms with Crippen molar-refractivity contribution in [2.24, 2.45) is 5.92 Å². The molecule has 1 heterocycles. The summed E-state index contributed by atoms with van der Waals surface area (Å²) in [4.78, 5) is 0. The van der Waals surface area contributed by atoms with Crippen LogP contribution in [0.4, 0.5) is 0 Å². The van der Waals surface area contributed by atoms with Gasteiger partial charge in [-0.1, -0.05) is 19.9 Å². The summed E-state index contributed by atoms with van der Waals surface area (Å²) in [6.07, 6.45) is 3.13. The zero-order chi connectivity index (χ0) is 9.35. The molecular formula is C9H16O2S. The van der Waals surface area contributed by atoms with Crippen molar-refractivity contribution in [2.75, 3.05) is 0 Å². The third-order valence-electron chi connectivity index (χ3n) is 2.59. The third kappa shape index (κ3) is 1.42. The quantitative estimate of drug-likeness (QED) is 0.619. The lowest BCUT2D eigenvalue weighted by Gasteiger charge is -2.14. The molecule has 0 aromatic carbocycles. The molecule has 0 amide bonds. The predicted octanol–water partition coefficient (Wildman–Crippen LogP) is 1.77. The number of hydrogen-bond donors (Lipinski definition) is 0. The van der Waals surface area contributed by atoms with E-state index in [1.807, 2.05) is 13.8 Å². The van der Waals surface area contributed by atoms with Crippen LogP contribution in [0.2, 0.25) is 0 Å². The Morgan fingerprint density at radius 1 is 1.42 bits per heavy atom. The lowest BCUT2D eigenvalue weighted by Crippen LogP contribution is -2.25. The van der Waals surface area contributed by atoms with Crippen LogP contribution < -0.4 is 0 Å². The zero-order valence-electron chi connectivity index (χ0n) is 7.66. The molecule has 1 fully saturated rings. The van der Waals surface area contributed by atoms with Gasteiger partial charge in [-0.25, -0.2) is 8.42 Å². The van der Waals surface area contributed by atoms with Crippen molar-refractivity contribution < 1.29 is 8.42 Å². The molecule has 3 heteroatoms. The van der Waals surface area contributed by atoms with Gasteiger partial charge in [-0.2, -0.15) is 0 Å². The lowest BCUT2D eigenvalue weighted by atomic mass is 10.1. The van der Waals surface area contributed by atoms with Gasteiger partial charge in [-0.3, -0.25) is 0 Å². The fourth-order valence-corrected chi connectivity index (χ4v) is 4.25. The Hall–Kier alpha value is -0.310. The van der Waals surface area contributed by atoms with Crippen molar-refractivity contribution in [3.8, 4) is 0 Å². The Morgan fingerprint density at radius 3 is 2.25 bits per heavy atom. The van der Waals surface area contributed by atoms with Crippen LogP contribution in [0.5, 0.6) is 0 Å². The number of rotatable bonds is 2. The molecule has 0 aromatic rings. The maximum absolute atomic E-state index is 11.7. The average molecular weight is 188 g/mol. The Morgan fingerprint density at radius 2 is 2.00 bits per heavy atom. The molecular weight excluding hydrogens is 172 g/mol. The Bertz CT molecular complexity index is 264. The summed E-state index contributed by atoms with van der Waals surface area (Å²) in [5.74, 6) is 0.236. The smallest absolute Gasteiger partial charge is 0.159 e. The van der Waals surface area contributed by atoms with Crippen LogP contribution in [-0.4, -0.2) is 18.9 Å². The summed E-state index contributed by atoms with van der Waals surface area (Å²) in [5.41, 5.74) is 0. The Labute approximate surface area is 74.6 Å². The molecule has 12 heavy (non-hydrogen) atoms. The molecule has 0 bridgehead atoms. The van der Waals surface area contributed by atoms with E-state index in [9.17, 15) is 8.42 Å². The van der Waals surface area contributed by atoms with Crippen molar-refractivity contribution in [1.29, 1.82) is 0 Å². The third-order valence-corrected chi connectivity index (χ3v) is 5.48. The number of sulfone groups is 1. The van der Waals surface area contributed by atoms with Crippen LogP contribution in [0.25, 0.3) is 0 Å². The highest BCUT2D eigenvalue weighted by molar-refractivity contribution is 7.93. The minimum absolute atomic E-state index is 0.138. The molecule has 2 nitrogen and oxygen atoms in total. The van der Waals surface area contributed by atoms with E-state index < -0.39 is 9.84 Å². The molecule has 1 rings (SSSR count). The molecule has 0 unspecified atom stereocenters. The molecule has 0 saturated carbocycles. The van der Waals surface area contributed by atoms with Gasteiger partial charge in [0.25, 0.3) is 0 Å². The van der Waals surface area contributed by atoms with Crippen molar-refractivity contribution in [3.63, 3.8) is 0 Å². The van der Waals surface area contributed by atoms with E-state index in [1.165, 1.54) is 0 Å². The monoisotopic (exact) mass is 188 g/mol. The zero-order valence-corrected chi connectivity index (χ0v) is 8.47. The second kappa shape index (κ2) is 3.21. The minimum atomic E-state index is -2.90. The van der Waals surface area contributed by atoms with Crippen LogP contribution in [0.3, 0.4) is 0 Å². The van der Waals surface area contributed by atoms with Gasteiger partial charge in [0.1, 0.15) is 0 Å². The molecule has 0 aliphatic carbocycles. The van der Waals surface area contributed by atoms with Gasteiger partial charge in [0.05, 0.1) is 10.5 Å². The largest absolute Gasteiger partial charge is 0.228 e. The number of hydrogen-bond acceptors (Lipinski definition) is 2. The van der Waals surface area contributed by atoms with E-state index in [1.54, 1.807) is 6.08 Å². The fourth-order valence-electron chi connectivity index (χ4n) is 1.85. The molecule has 0 N–H and O–H groups in total. The molecule has 0 spiro atoms. The normalized spacial score (nSPS) is 33.9. The van der Waals surface area contributed by atoms with Gasteiger partial charge in [0, 0.05) is 0 Å². The summed E-state index contributed by atoms with van der Waals surface area (Å²) in [7, 11) is -2.90. The first-order valence-corrected chi connectivity index (χ1v) is 5.96. The molecule has 0 aromatic heterocycles. The van der Waals surface area contributed by atoms with Crippen LogP contribution in [0.15, 0.2) is 12.7 Å². The van der Waals surface area contributed by atoms with E-state index in [0.29, 0.717) is 0 Å². The summed E-state index contributed by atoms with van der Waals surface area (Å²) in [6.45, 7) is 7.48. The molecule has 1 aliphatic heterocycles. The Kier molecular flexibility index (Phi) is 2.61. The average Bonchev–Trinajstić information content (AvgIpc) is 2.24. The van der Waals surface area contributed by atoms with E-state index in [4.69, 9.17) is 0 Å². The summed E-state index contributed by atoms with van der Waals surface area (Å²) < 4.78 is 23.4. The van der Waals surface area contributed by atoms with Crippen molar-refractivity contribution in [3.05, 3.63) is 12.7 Å². The van der Waals surface area contributed by atoms with Gasteiger partial charge >= 0.3 is 0 Å². The van der Waals surface area contributed by atoms with Crippen LogP contribution in [-0.2, 0) is 9.84 Å². The van der Waals surface area contributed by atoms with Crippen molar-refractivity contribution in [1.82, 2.24) is 0 Å². The lowest BCUT2D eigenvalue weighted by molar-refractivity contribution is 0.538. The second-order valence-electron chi connectivity index (χ2n) is 3.72. The highest BCUT2D eigenvalue weighted by Gasteiger charge is 2.40. The highest BCUT2D eigenvalue weighted by atomic mass is 32.2. The standard InChI is InChI=1S/C9H16O2S/c1-4-8-5-6-9(7(2)3)12(8,10)11/h4,7-9H,1,5-6H2,2-3H3/t8-,9+/m0/s1. The van der Waals surface area contributed by atoms with E-state index in [-0.39, 0.29) is 16.4 Å². The van der Waals surface area contributed by atoms with Gasteiger partial charge in [0.2, 0.25) is 0 Å². The summed E-state index contributed by atoms with van der Waals surface area (Å²) >= 11 is 0. The SMILES string of the molecule is C=C[C@H]1CC[C@H](C(C)C)S1(=O)=O. The molecule has 1 aliphatic rings. The Balaban J connectivity index is 2.93. The van der Waals surface area contributed by atoms with E-state index >= 15 is 0 Å². The molecule has 2 atom stereocenters. The highest BCUT2D eigenvalue weighted by Crippen LogP contribution is 2.32. The van der Waals surface area contributed by atoms with Crippen molar-refractivity contribution in [2.45, 2.75) is 37.2 Å². The maximum atomic E-state index is 11.7. The summed E-state index contributed by atoms with van der Waals surface area (Å²) in [5, 5.41) is -0.426. The van der Waals surface area contributed by atoms with Gasteiger partial charge in [0.15, 0.2) is 9.84 Å². The maximum Gasteiger partial charge on any atom is 0.159 e. The minimum Gasteiger partial charge on any atom is -0.228 e. The first-order chi connectivity index (χ1) is 5.50.